The Morgan fingerprint density at radius 3 is 2.64 bits per heavy atom. The zero-order valence-electron chi connectivity index (χ0n) is 15.5. The van der Waals surface area contributed by atoms with Crippen LogP contribution in [0.3, 0.4) is 0 Å². The second kappa shape index (κ2) is 6.93. The molecule has 1 fully saturated rings. The quantitative estimate of drug-likeness (QED) is 0.560. The number of piperazine rings is 1. The maximum absolute atomic E-state index is 5.34. The highest BCUT2D eigenvalue weighted by Gasteiger charge is 2.16. The first-order valence-corrected chi connectivity index (χ1v) is 9.18. The molecule has 9 heteroatoms. The van der Waals surface area contributed by atoms with Crippen LogP contribution in [0.1, 0.15) is 0 Å². The van der Waals surface area contributed by atoms with Crippen LogP contribution in [0, 0.1) is 0 Å². The minimum Gasteiger partial charge on any atom is -0.442 e. The number of benzene rings is 1. The molecule has 4 aromatic rings. The highest BCUT2D eigenvalue weighted by atomic mass is 16.3. The average Bonchev–Trinajstić information content (AvgIpc) is 3.41. The number of fused-ring (bicyclic) bond motifs is 1. The van der Waals surface area contributed by atoms with E-state index in [4.69, 9.17) is 4.42 Å². The standard InChI is InChI=1S/C19H20N8O/c1-26-7-9-27(10-8-26)14-4-2-13(3-5-14)22-17-16-15(12-21-25-16)23-18(24-17)19-20-6-11-28-19/h2-6,11-12H,7-10H2,1H3,(H,21,25)(H,22,23,24). The number of nitrogens with one attached hydrogen (secondary N) is 2. The molecule has 0 amide bonds. The fraction of sp³-hybridized carbons (Fsp3) is 0.263. The molecule has 28 heavy (non-hydrogen) atoms. The van der Waals surface area contributed by atoms with Crippen LogP contribution in [0.25, 0.3) is 22.7 Å². The average molecular weight is 376 g/mol. The smallest absolute Gasteiger partial charge is 0.264 e. The van der Waals surface area contributed by atoms with Crippen LogP contribution in [-0.4, -0.2) is 63.3 Å². The normalized spacial score (nSPS) is 15.2. The number of aromatic amines is 1. The van der Waals surface area contributed by atoms with E-state index in [-0.39, 0.29) is 0 Å². The lowest BCUT2D eigenvalue weighted by Gasteiger charge is -2.34. The number of aromatic nitrogens is 5. The third-order valence-electron chi connectivity index (χ3n) is 4.92. The van der Waals surface area contributed by atoms with Crippen molar-refractivity contribution in [3.63, 3.8) is 0 Å². The topological polar surface area (TPSA) is 99.0 Å². The summed E-state index contributed by atoms with van der Waals surface area (Å²) in [5, 5.41) is 10.4. The molecule has 1 saturated heterocycles. The van der Waals surface area contributed by atoms with E-state index in [0.717, 1.165) is 37.4 Å². The minimum atomic E-state index is 0.372. The third-order valence-corrected chi connectivity index (χ3v) is 4.92. The molecule has 142 valence electrons. The monoisotopic (exact) mass is 376 g/mol. The van der Waals surface area contributed by atoms with E-state index in [2.05, 4.69) is 71.6 Å². The number of anilines is 3. The van der Waals surface area contributed by atoms with Crippen LogP contribution in [0.4, 0.5) is 17.2 Å². The summed E-state index contributed by atoms with van der Waals surface area (Å²) >= 11 is 0. The van der Waals surface area contributed by atoms with Gasteiger partial charge in [-0.3, -0.25) is 5.10 Å². The molecule has 0 unspecified atom stereocenters. The van der Waals surface area contributed by atoms with Crippen molar-refractivity contribution in [2.24, 2.45) is 0 Å². The number of hydrogen-bond acceptors (Lipinski definition) is 8. The van der Waals surface area contributed by atoms with E-state index in [9.17, 15) is 0 Å². The zero-order chi connectivity index (χ0) is 18.9. The predicted molar refractivity (Wildman–Crippen MR) is 107 cm³/mol. The molecule has 2 N–H and O–H groups in total. The summed E-state index contributed by atoms with van der Waals surface area (Å²) in [5.74, 6) is 1.41. The van der Waals surface area contributed by atoms with Crippen molar-refractivity contribution in [3.8, 4) is 11.7 Å². The largest absolute Gasteiger partial charge is 0.442 e. The van der Waals surface area contributed by atoms with Gasteiger partial charge in [-0.15, -0.1) is 0 Å². The van der Waals surface area contributed by atoms with Crippen molar-refractivity contribution in [2.45, 2.75) is 0 Å². The van der Waals surface area contributed by atoms with Gasteiger partial charge in [-0.25, -0.2) is 15.0 Å². The first-order valence-electron chi connectivity index (χ1n) is 9.18. The summed E-state index contributed by atoms with van der Waals surface area (Å²) in [6, 6.07) is 8.38. The first-order chi connectivity index (χ1) is 13.8. The van der Waals surface area contributed by atoms with Gasteiger partial charge < -0.3 is 19.5 Å². The van der Waals surface area contributed by atoms with E-state index >= 15 is 0 Å². The molecular weight excluding hydrogens is 356 g/mol. The van der Waals surface area contributed by atoms with Crippen molar-refractivity contribution < 1.29 is 4.42 Å². The van der Waals surface area contributed by atoms with Gasteiger partial charge in [0, 0.05) is 37.6 Å². The maximum Gasteiger partial charge on any atom is 0.264 e. The Hall–Kier alpha value is -3.46. The first kappa shape index (κ1) is 16.7. The van der Waals surface area contributed by atoms with Crippen molar-refractivity contribution in [2.75, 3.05) is 43.4 Å². The molecule has 0 saturated carbocycles. The van der Waals surface area contributed by atoms with Gasteiger partial charge in [-0.1, -0.05) is 0 Å². The third kappa shape index (κ3) is 3.16. The van der Waals surface area contributed by atoms with Crippen molar-refractivity contribution in [1.82, 2.24) is 30.0 Å². The molecular formula is C19H20N8O. The van der Waals surface area contributed by atoms with E-state index in [1.165, 1.54) is 12.0 Å². The Bertz CT molecular complexity index is 1070. The number of hydrogen-bond donors (Lipinski definition) is 2. The second-order valence-corrected chi connectivity index (χ2v) is 6.83. The van der Waals surface area contributed by atoms with Gasteiger partial charge in [0.15, 0.2) is 5.82 Å². The zero-order valence-corrected chi connectivity index (χ0v) is 15.5. The molecule has 4 heterocycles. The lowest BCUT2D eigenvalue weighted by molar-refractivity contribution is 0.313. The molecule has 3 aromatic heterocycles. The van der Waals surface area contributed by atoms with Crippen LogP contribution in [0.2, 0.25) is 0 Å². The Balaban J connectivity index is 1.41. The number of nitrogens with zero attached hydrogens (tertiary/aromatic N) is 6. The Labute approximate surface area is 161 Å². The second-order valence-electron chi connectivity index (χ2n) is 6.83. The molecule has 0 atom stereocenters. The Morgan fingerprint density at radius 1 is 1.07 bits per heavy atom. The summed E-state index contributed by atoms with van der Waals surface area (Å²) < 4.78 is 5.34. The highest BCUT2D eigenvalue weighted by Crippen LogP contribution is 2.26. The summed E-state index contributed by atoms with van der Waals surface area (Å²) in [4.78, 5) is 17.9. The number of rotatable bonds is 4. The lowest BCUT2D eigenvalue weighted by atomic mass is 10.2. The van der Waals surface area contributed by atoms with Gasteiger partial charge in [0.1, 0.15) is 17.3 Å². The molecule has 1 aliphatic rings. The van der Waals surface area contributed by atoms with Gasteiger partial charge in [-0.2, -0.15) is 5.10 Å². The van der Waals surface area contributed by atoms with E-state index in [1.54, 1.807) is 12.4 Å². The van der Waals surface area contributed by atoms with Crippen LogP contribution in [0.15, 0.2) is 47.3 Å². The molecule has 1 aliphatic heterocycles. The number of oxazole rings is 1. The van der Waals surface area contributed by atoms with Crippen LogP contribution < -0.4 is 10.2 Å². The van der Waals surface area contributed by atoms with Gasteiger partial charge in [-0.05, 0) is 31.3 Å². The van der Waals surface area contributed by atoms with E-state index in [0.29, 0.717) is 23.0 Å². The number of likely N-dealkylation sites (N-methyl/N-ethyl adjacent to an activating group) is 1. The van der Waals surface area contributed by atoms with E-state index in [1.807, 2.05) is 0 Å². The molecule has 0 aliphatic carbocycles. The van der Waals surface area contributed by atoms with Gasteiger partial charge in [0.25, 0.3) is 5.89 Å². The van der Waals surface area contributed by atoms with Gasteiger partial charge >= 0.3 is 0 Å². The highest BCUT2D eigenvalue weighted by molar-refractivity contribution is 5.88. The number of H-pyrrole nitrogens is 1. The lowest BCUT2D eigenvalue weighted by Crippen LogP contribution is -2.44. The SMILES string of the molecule is CN1CCN(c2ccc(Nc3nc(-c4ncco4)nc4cn[nH]c34)cc2)CC1. The molecule has 0 spiro atoms. The van der Waals surface area contributed by atoms with Gasteiger partial charge in [0.05, 0.1) is 12.4 Å². The van der Waals surface area contributed by atoms with Crippen LogP contribution in [0.5, 0.6) is 0 Å². The maximum atomic E-state index is 5.34. The van der Waals surface area contributed by atoms with Crippen molar-refractivity contribution >= 4 is 28.2 Å². The summed E-state index contributed by atoms with van der Waals surface area (Å²) in [6.45, 7) is 4.26. The van der Waals surface area contributed by atoms with E-state index < -0.39 is 0 Å². The molecule has 0 radical (unpaired) electrons. The molecule has 0 bridgehead atoms. The molecule has 9 nitrogen and oxygen atoms in total. The van der Waals surface area contributed by atoms with Crippen LogP contribution in [-0.2, 0) is 0 Å². The van der Waals surface area contributed by atoms with Crippen molar-refractivity contribution in [3.05, 3.63) is 42.9 Å². The van der Waals surface area contributed by atoms with Crippen LogP contribution >= 0.6 is 0 Å². The predicted octanol–water partition coefficient (Wildman–Crippen LogP) is 2.50. The fourth-order valence-electron chi connectivity index (χ4n) is 3.32. The minimum absolute atomic E-state index is 0.372. The Morgan fingerprint density at radius 2 is 1.89 bits per heavy atom. The fourth-order valence-corrected chi connectivity index (χ4v) is 3.32. The molecule has 1 aromatic carbocycles. The summed E-state index contributed by atoms with van der Waals surface area (Å²) in [7, 11) is 2.16. The molecule has 5 rings (SSSR count). The van der Waals surface area contributed by atoms with Gasteiger partial charge in [0.2, 0.25) is 5.82 Å². The summed E-state index contributed by atoms with van der Waals surface area (Å²) in [5.41, 5.74) is 3.59. The summed E-state index contributed by atoms with van der Waals surface area (Å²) in [6.07, 6.45) is 4.73. The Kier molecular flexibility index (Phi) is 4.13. The van der Waals surface area contributed by atoms with Crippen molar-refractivity contribution in [1.29, 1.82) is 0 Å².